The highest BCUT2D eigenvalue weighted by Crippen LogP contribution is 2.31. The number of nitrogens with one attached hydrogen (secondary N) is 1. The summed E-state index contributed by atoms with van der Waals surface area (Å²) in [4.78, 5) is 12.5. The summed E-state index contributed by atoms with van der Waals surface area (Å²) in [6, 6.07) is 10.7. The maximum Gasteiger partial charge on any atom is 0.265 e. The minimum absolute atomic E-state index is 0.290. The SMILES string of the molecule is C/C=C/c1ccc(OC(C)C(=O)Nc2ccc(OC)c(OC)c2)c(OC)c1. The highest BCUT2D eigenvalue weighted by molar-refractivity contribution is 5.94. The van der Waals surface area contributed by atoms with E-state index < -0.39 is 6.10 Å². The summed E-state index contributed by atoms with van der Waals surface area (Å²) in [7, 11) is 4.66. The minimum Gasteiger partial charge on any atom is -0.493 e. The van der Waals surface area contributed by atoms with Gasteiger partial charge in [0.25, 0.3) is 5.91 Å². The van der Waals surface area contributed by atoms with Gasteiger partial charge in [0.1, 0.15) is 0 Å². The number of carbonyl (C=O) groups is 1. The van der Waals surface area contributed by atoms with E-state index in [-0.39, 0.29) is 5.91 Å². The van der Waals surface area contributed by atoms with Gasteiger partial charge < -0.3 is 24.3 Å². The molecule has 6 nitrogen and oxygen atoms in total. The summed E-state index contributed by atoms with van der Waals surface area (Å²) in [5, 5.41) is 2.81. The lowest BCUT2D eigenvalue weighted by Crippen LogP contribution is -2.30. The Bertz CT molecular complexity index is 816. The molecule has 0 bridgehead atoms. The van der Waals surface area contributed by atoms with Crippen LogP contribution in [0, 0.1) is 0 Å². The highest BCUT2D eigenvalue weighted by atomic mass is 16.5. The second-order valence-electron chi connectivity index (χ2n) is 5.73. The molecule has 0 radical (unpaired) electrons. The third-order valence-corrected chi connectivity index (χ3v) is 3.87. The molecule has 0 saturated heterocycles. The molecule has 0 saturated carbocycles. The number of hydrogen-bond acceptors (Lipinski definition) is 5. The molecule has 0 heterocycles. The summed E-state index contributed by atoms with van der Waals surface area (Å²) >= 11 is 0. The van der Waals surface area contributed by atoms with Gasteiger partial charge in [-0.05, 0) is 43.7 Å². The molecule has 0 fully saturated rings. The van der Waals surface area contributed by atoms with Crippen LogP contribution in [0.3, 0.4) is 0 Å². The number of methoxy groups -OCH3 is 3. The molecule has 6 heteroatoms. The van der Waals surface area contributed by atoms with Crippen molar-refractivity contribution in [3.8, 4) is 23.0 Å². The second-order valence-corrected chi connectivity index (χ2v) is 5.73. The quantitative estimate of drug-likeness (QED) is 0.755. The largest absolute Gasteiger partial charge is 0.493 e. The Morgan fingerprint density at radius 2 is 1.56 bits per heavy atom. The number of ether oxygens (including phenoxy) is 4. The fourth-order valence-corrected chi connectivity index (χ4v) is 2.48. The van der Waals surface area contributed by atoms with E-state index in [1.165, 1.54) is 0 Å². The first kappa shape index (κ1) is 20.2. The van der Waals surface area contributed by atoms with Gasteiger partial charge in [0.15, 0.2) is 29.1 Å². The Labute approximate surface area is 159 Å². The molecule has 2 aromatic carbocycles. The fraction of sp³-hybridized carbons (Fsp3) is 0.286. The normalized spacial score (nSPS) is 11.7. The van der Waals surface area contributed by atoms with Crippen molar-refractivity contribution in [1.29, 1.82) is 0 Å². The number of anilines is 1. The van der Waals surface area contributed by atoms with E-state index in [4.69, 9.17) is 18.9 Å². The van der Waals surface area contributed by atoms with Crippen molar-refractivity contribution >= 4 is 17.7 Å². The van der Waals surface area contributed by atoms with Crippen molar-refractivity contribution in [2.45, 2.75) is 20.0 Å². The van der Waals surface area contributed by atoms with Gasteiger partial charge in [0.2, 0.25) is 0 Å². The maximum atomic E-state index is 12.5. The van der Waals surface area contributed by atoms with Crippen molar-refractivity contribution in [2.75, 3.05) is 26.6 Å². The van der Waals surface area contributed by atoms with Gasteiger partial charge in [-0.15, -0.1) is 0 Å². The molecular weight excluding hydrogens is 346 g/mol. The molecule has 2 aromatic rings. The zero-order valence-corrected chi connectivity index (χ0v) is 16.2. The molecule has 27 heavy (non-hydrogen) atoms. The van der Waals surface area contributed by atoms with Crippen molar-refractivity contribution in [3.05, 3.63) is 48.0 Å². The predicted molar refractivity (Wildman–Crippen MR) is 106 cm³/mol. The van der Waals surface area contributed by atoms with Crippen LogP contribution in [0.2, 0.25) is 0 Å². The third-order valence-electron chi connectivity index (χ3n) is 3.87. The smallest absolute Gasteiger partial charge is 0.265 e. The van der Waals surface area contributed by atoms with Gasteiger partial charge >= 0.3 is 0 Å². The average Bonchev–Trinajstić information content (AvgIpc) is 2.68. The first-order valence-electron chi connectivity index (χ1n) is 8.52. The van der Waals surface area contributed by atoms with E-state index in [1.54, 1.807) is 52.5 Å². The number of hydrogen-bond donors (Lipinski definition) is 1. The van der Waals surface area contributed by atoms with Crippen LogP contribution in [-0.2, 0) is 4.79 Å². The summed E-state index contributed by atoms with van der Waals surface area (Å²) in [5.74, 6) is 1.90. The highest BCUT2D eigenvalue weighted by Gasteiger charge is 2.18. The van der Waals surface area contributed by atoms with Gasteiger partial charge in [0, 0.05) is 11.8 Å². The zero-order valence-electron chi connectivity index (χ0n) is 16.2. The number of allylic oxidation sites excluding steroid dienone is 1. The molecule has 144 valence electrons. The molecule has 0 aliphatic rings. The van der Waals surface area contributed by atoms with E-state index in [1.807, 2.05) is 31.2 Å². The van der Waals surface area contributed by atoms with Gasteiger partial charge in [-0.1, -0.05) is 18.2 Å². The van der Waals surface area contributed by atoms with Crippen LogP contribution in [0.5, 0.6) is 23.0 Å². The average molecular weight is 371 g/mol. The Morgan fingerprint density at radius 3 is 2.19 bits per heavy atom. The van der Waals surface area contributed by atoms with Crippen LogP contribution in [-0.4, -0.2) is 33.3 Å². The summed E-state index contributed by atoms with van der Waals surface area (Å²) < 4.78 is 21.6. The zero-order chi connectivity index (χ0) is 19.8. The van der Waals surface area contributed by atoms with Crippen LogP contribution in [0.4, 0.5) is 5.69 Å². The van der Waals surface area contributed by atoms with Crippen LogP contribution in [0.15, 0.2) is 42.5 Å². The maximum absolute atomic E-state index is 12.5. The lowest BCUT2D eigenvalue weighted by molar-refractivity contribution is -0.122. The van der Waals surface area contributed by atoms with Gasteiger partial charge in [-0.2, -0.15) is 0 Å². The molecule has 0 aliphatic heterocycles. The van der Waals surface area contributed by atoms with Crippen LogP contribution < -0.4 is 24.3 Å². The van der Waals surface area contributed by atoms with Crippen molar-refractivity contribution in [3.63, 3.8) is 0 Å². The molecule has 0 spiro atoms. The first-order valence-corrected chi connectivity index (χ1v) is 8.52. The van der Waals surface area contributed by atoms with Gasteiger partial charge in [0.05, 0.1) is 21.3 Å². The van der Waals surface area contributed by atoms with Crippen LogP contribution >= 0.6 is 0 Å². The summed E-state index contributed by atoms with van der Waals surface area (Å²) in [5.41, 5.74) is 1.58. The molecule has 1 atom stereocenters. The summed E-state index contributed by atoms with van der Waals surface area (Å²) in [6.45, 7) is 3.62. The molecule has 1 unspecified atom stereocenters. The first-order chi connectivity index (χ1) is 13.0. The van der Waals surface area contributed by atoms with Crippen molar-refractivity contribution in [1.82, 2.24) is 0 Å². The van der Waals surface area contributed by atoms with Gasteiger partial charge in [-0.3, -0.25) is 4.79 Å². The number of rotatable bonds is 8. The number of benzene rings is 2. The molecule has 0 aliphatic carbocycles. The summed E-state index contributed by atoms with van der Waals surface area (Å²) in [6.07, 6.45) is 3.17. The van der Waals surface area contributed by atoms with Gasteiger partial charge in [-0.25, -0.2) is 0 Å². The fourth-order valence-electron chi connectivity index (χ4n) is 2.48. The Kier molecular flexibility index (Phi) is 7.11. The van der Waals surface area contributed by atoms with Crippen molar-refractivity contribution in [2.24, 2.45) is 0 Å². The molecule has 2 rings (SSSR count). The predicted octanol–water partition coefficient (Wildman–Crippen LogP) is 4.15. The molecular formula is C21H25NO5. The lowest BCUT2D eigenvalue weighted by Gasteiger charge is -2.17. The minimum atomic E-state index is -0.723. The van der Waals surface area contributed by atoms with Crippen LogP contribution in [0.25, 0.3) is 6.08 Å². The Hall–Kier alpha value is -3.15. The van der Waals surface area contributed by atoms with E-state index in [0.29, 0.717) is 28.7 Å². The molecule has 0 aromatic heterocycles. The standard InChI is InChI=1S/C21H25NO5/c1-6-7-15-8-10-18(19(12-15)25-4)27-14(2)21(23)22-16-9-11-17(24-3)20(13-16)26-5/h6-14H,1-5H3,(H,22,23)/b7-6+. The Morgan fingerprint density at radius 1 is 0.926 bits per heavy atom. The molecule has 1 amide bonds. The number of amides is 1. The molecule has 1 N–H and O–H groups in total. The lowest BCUT2D eigenvalue weighted by atomic mass is 10.2. The Balaban J connectivity index is 2.10. The topological polar surface area (TPSA) is 66.0 Å². The monoisotopic (exact) mass is 371 g/mol. The van der Waals surface area contributed by atoms with E-state index in [2.05, 4.69) is 5.32 Å². The number of carbonyl (C=O) groups excluding carboxylic acids is 1. The second kappa shape index (κ2) is 9.52. The third kappa shape index (κ3) is 5.17. The van der Waals surface area contributed by atoms with E-state index >= 15 is 0 Å². The van der Waals surface area contributed by atoms with Crippen molar-refractivity contribution < 1.29 is 23.7 Å². The van der Waals surface area contributed by atoms with E-state index in [0.717, 1.165) is 5.56 Å². The van der Waals surface area contributed by atoms with Crippen LogP contribution in [0.1, 0.15) is 19.4 Å². The van der Waals surface area contributed by atoms with E-state index in [9.17, 15) is 4.79 Å².